The highest BCUT2D eigenvalue weighted by atomic mass is 19.1. The number of anilines is 1. The van der Waals surface area contributed by atoms with Crippen LogP contribution in [0.1, 0.15) is 87.7 Å². The van der Waals surface area contributed by atoms with Gasteiger partial charge in [0.15, 0.2) is 0 Å². The minimum Gasteiger partial charge on any atom is -0.378 e. The monoisotopic (exact) mass is 612 g/mol. The summed E-state index contributed by atoms with van der Waals surface area (Å²) in [5.41, 5.74) is 0.843. The molecule has 12 heteroatoms. The first-order valence-electron chi connectivity index (χ1n) is 15.8. The number of carbonyl (C=O) groups is 4. The molecule has 1 saturated heterocycles. The second-order valence-corrected chi connectivity index (χ2v) is 11.6. The van der Waals surface area contributed by atoms with Gasteiger partial charge in [-0.05, 0) is 49.4 Å². The number of hydrogen-bond acceptors (Lipinski definition) is 6. The Hall–Kier alpha value is -3.80. The normalized spacial score (nSPS) is 18.0. The van der Waals surface area contributed by atoms with Gasteiger partial charge in [-0.15, -0.1) is 0 Å². The van der Waals surface area contributed by atoms with Gasteiger partial charge in [-0.1, -0.05) is 45.6 Å². The summed E-state index contributed by atoms with van der Waals surface area (Å²) >= 11 is 0. The maximum Gasteiger partial charge on any atom is 0.270 e. The number of benzene rings is 1. The molecular formula is C32H45FN6O5. The first kappa shape index (κ1) is 33.1. The Balaban J connectivity index is 1.52. The van der Waals surface area contributed by atoms with E-state index in [1.807, 2.05) is 6.92 Å². The number of rotatable bonds is 11. The third-order valence-electron chi connectivity index (χ3n) is 8.69. The second-order valence-electron chi connectivity index (χ2n) is 11.6. The summed E-state index contributed by atoms with van der Waals surface area (Å²) in [4.78, 5) is 54.2. The van der Waals surface area contributed by atoms with E-state index < -0.39 is 35.6 Å². The molecule has 0 radical (unpaired) electrons. The molecule has 4 amide bonds. The average Bonchev–Trinajstić information content (AvgIpc) is 3.37. The van der Waals surface area contributed by atoms with Gasteiger partial charge in [0.05, 0.1) is 18.9 Å². The zero-order chi connectivity index (χ0) is 31.6. The Morgan fingerprint density at radius 3 is 2.36 bits per heavy atom. The van der Waals surface area contributed by atoms with Crippen LogP contribution < -0.4 is 16.0 Å². The van der Waals surface area contributed by atoms with Crippen molar-refractivity contribution in [3.63, 3.8) is 0 Å². The summed E-state index contributed by atoms with van der Waals surface area (Å²) in [7, 11) is 0. The molecule has 11 nitrogen and oxygen atoms in total. The largest absolute Gasteiger partial charge is 0.378 e. The van der Waals surface area contributed by atoms with Gasteiger partial charge in [-0.3, -0.25) is 23.9 Å². The van der Waals surface area contributed by atoms with E-state index in [-0.39, 0.29) is 29.8 Å². The fourth-order valence-corrected chi connectivity index (χ4v) is 6.01. The number of carbonyl (C=O) groups excluding carboxylic acids is 4. The summed E-state index contributed by atoms with van der Waals surface area (Å²) in [6.45, 7) is 7.54. The third kappa shape index (κ3) is 8.22. The van der Waals surface area contributed by atoms with Crippen LogP contribution in [0.25, 0.3) is 0 Å². The molecule has 0 spiro atoms. The highest BCUT2D eigenvalue weighted by Gasteiger charge is 2.34. The minimum atomic E-state index is -0.883. The molecule has 0 bridgehead atoms. The summed E-state index contributed by atoms with van der Waals surface area (Å²) in [5.74, 6) is -2.70. The van der Waals surface area contributed by atoms with E-state index in [2.05, 4.69) is 21.0 Å². The van der Waals surface area contributed by atoms with Crippen LogP contribution in [-0.2, 0) is 25.7 Å². The molecule has 1 aliphatic carbocycles. The Bertz CT molecular complexity index is 1300. The standard InChI is InChI=1S/C32H45FN6O5/c1-4-27(40)36-28(32(43)38-16-18-44-19-17-38)21(3)23-12-13-25(24(33)20-23)35-31(42)29(22-10-8-6-7-9-11-22)37-30(41)26-14-15-34-39(26)5-2/h12-15,20-22,28-29H,4-11,16-19H2,1-3H3,(H,35,42)(H,36,40)(H,37,41)/t21-,28+,29-/m0/s1. The summed E-state index contributed by atoms with van der Waals surface area (Å²) < 4.78 is 22.5. The van der Waals surface area contributed by atoms with Gasteiger partial charge in [0.1, 0.15) is 23.6 Å². The molecule has 44 heavy (non-hydrogen) atoms. The molecule has 2 fully saturated rings. The van der Waals surface area contributed by atoms with Gasteiger partial charge in [0, 0.05) is 38.2 Å². The van der Waals surface area contributed by atoms with Crippen LogP contribution in [0.4, 0.5) is 10.1 Å². The number of nitrogens with one attached hydrogen (secondary N) is 3. The van der Waals surface area contributed by atoms with Crippen LogP contribution in [0.2, 0.25) is 0 Å². The molecule has 2 aliphatic rings. The van der Waals surface area contributed by atoms with Crippen LogP contribution in [0, 0.1) is 11.7 Å². The van der Waals surface area contributed by atoms with Gasteiger partial charge >= 0.3 is 0 Å². The van der Waals surface area contributed by atoms with Crippen molar-refractivity contribution in [2.75, 3.05) is 31.6 Å². The summed E-state index contributed by atoms with van der Waals surface area (Å²) in [6, 6.07) is 4.29. The molecule has 3 atom stereocenters. The predicted molar refractivity (Wildman–Crippen MR) is 163 cm³/mol. The van der Waals surface area contributed by atoms with Crippen LogP contribution in [0.5, 0.6) is 0 Å². The number of morpholine rings is 1. The van der Waals surface area contributed by atoms with Crippen molar-refractivity contribution >= 4 is 29.3 Å². The topological polar surface area (TPSA) is 135 Å². The molecule has 240 valence electrons. The highest BCUT2D eigenvalue weighted by Crippen LogP contribution is 2.29. The molecule has 4 rings (SSSR count). The lowest BCUT2D eigenvalue weighted by atomic mass is 9.90. The van der Waals surface area contributed by atoms with Crippen molar-refractivity contribution in [3.05, 3.63) is 47.5 Å². The molecule has 2 heterocycles. The first-order valence-corrected chi connectivity index (χ1v) is 15.8. The number of amides is 4. The van der Waals surface area contributed by atoms with Crippen molar-refractivity contribution in [2.45, 2.75) is 90.3 Å². The van der Waals surface area contributed by atoms with Gasteiger partial charge in [0.25, 0.3) is 5.91 Å². The van der Waals surface area contributed by atoms with E-state index >= 15 is 4.39 Å². The highest BCUT2D eigenvalue weighted by molar-refractivity contribution is 6.00. The number of halogens is 1. The molecule has 1 aliphatic heterocycles. The lowest BCUT2D eigenvalue weighted by Crippen LogP contribution is -2.53. The second kappa shape index (κ2) is 15.8. The van der Waals surface area contributed by atoms with E-state index in [9.17, 15) is 19.2 Å². The summed E-state index contributed by atoms with van der Waals surface area (Å²) in [5, 5.41) is 12.6. The van der Waals surface area contributed by atoms with E-state index in [1.165, 1.54) is 12.1 Å². The molecule has 1 aromatic carbocycles. The van der Waals surface area contributed by atoms with Crippen LogP contribution in [-0.4, -0.2) is 76.7 Å². The SMILES string of the molecule is CCC(=O)N[C@@H](C(=O)N1CCOCC1)[C@@H](C)c1ccc(NC(=O)[C@@H](NC(=O)c2ccnn2CC)C2CCCCCC2)c(F)c1. The van der Waals surface area contributed by atoms with Crippen molar-refractivity contribution in [2.24, 2.45) is 5.92 Å². The zero-order valence-corrected chi connectivity index (χ0v) is 25.9. The Kier molecular flexibility index (Phi) is 11.9. The minimum absolute atomic E-state index is 0.0222. The Morgan fingerprint density at radius 1 is 1.02 bits per heavy atom. The number of hydrogen-bond donors (Lipinski definition) is 3. The van der Waals surface area contributed by atoms with E-state index in [0.717, 1.165) is 38.5 Å². The fraction of sp³-hybridized carbons (Fsp3) is 0.594. The smallest absolute Gasteiger partial charge is 0.270 e. The molecule has 1 aromatic heterocycles. The van der Waals surface area contributed by atoms with Gasteiger partial charge < -0.3 is 25.6 Å². The van der Waals surface area contributed by atoms with Crippen molar-refractivity contribution in [3.8, 4) is 0 Å². The Morgan fingerprint density at radius 2 is 1.73 bits per heavy atom. The van der Waals surface area contributed by atoms with E-state index in [0.29, 0.717) is 44.1 Å². The maximum atomic E-state index is 15.6. The third-order valence-corrected chi connectivity index (χ3v) is 8.69. The van der Waals surface area contributed by atoms with Gasteiger partial charge in [-0.2, -0.15) is 5.10 Å². The van der Waals surface area contributed by atoms with E-state index in [4.69, 9.17) is 4.74 Å². The number of nitrogens with zero attached hydrogens (tertiary/aromatic N) is 3. The first-order chi connectivity index (χ1) is 21.2. The zero-order valence-electron chi connectivity index (χ0n) is 25.9. The van der Waals surface area contributed by atoms with Gasteiger partial charge in [0.2, 0.25) is 17.7 Å². The Labute approximate surface area is 258 Å². The van der Waals surface area contributed by atoms with Gasteiger partial charge in [-0.25, -0.2) is 4.39 Å². The van der Waals surface area contributed by atoms with Crippen molar-refractivity contribution in [1.29, 1.82) is 0 Å². The molecule has 0 unspecified atom stereocenters. The quantitative estimate of drug-likeness (QED) is 0.332. The van der Waals surface area contributed by atoms with Crippen molar-refractivity contribution in [1.82, 2.24) is 25.3 Å². The number of ether oxygens (including phenoxy) is 1. The molecule has 1 saturated carbocycles. The van der Waals surface area contributed by atoms with Crippen LogP contribution in [0.15, 0.2) is 30.5 Å². The molecule has 2 aromatic rings. The fourth-order valence-electron chi connectivity index (χ4n) is 6.01. The summed E-state index contributed by atoms with van der Waals surface area (Å²) in [6.07, 6.45) is 7.38. The molecule has 3 N–H and O–H groups in total. The number of aryl methyl sites for hydroxylation is 1. The van der Waals surface area contributed by atoms with Crippen LogP contribution >= 0.6 is 0 Å². The maximum absolute atomic E-state index is 15.6. The average molecular weight is 613 g/mol. The molecular weight excluding hydrogens is 567 g/mol. The number of aromatic nitrogens is 2. The van der Waals surface area contributed by atoms with Crippen molar-refractivity contribution < 1.29 is 28.3 Å². The predicted octanol–water partition coefficient (Wildman–Crippen LogP) is 3.61. The van der Waals surface area contributed by atoms with E-state index in [1.54, 1.807) is 41.8 Å². The van der Waals surface area contributed by atoms with Crippen LogP contribution in [0.3, 0.4) is 0 Å². The lowest BCUT2D eigenvalue weighted by molar-refractivity contribution is -0.140. The lowest BCUT2D eigenvalue weighted by Gasteiger charge is -2.33.